The molecule has 3 aliphatic heterocycles. The van der Waals surface area contributed by atoms with E-state index >= 15 is 0 Å². The SMILES string of the molecule is O=C1CCC(N2C(=O)c3cccc(CNc4ccc(N5CCNCC5)cn4)c3C2=O)C(=O)N1. The molecule has 33 heavy (non-hydrogen) atoms. The number of nitrogens with zero attached hydrogens (tertiary/aromatic N) is 3. The van der Waals surface area contributed by atoms with Crippen LogP contribution in [0.1, 0.15) is 39.1 Å². The van der Waals surface area contributed by atoms with E-state index < -0.39 is 29.7 Å². The van der Waals surface area contributed by atoms with Crippen LogP contribution in [0.25, 0.3) is 0 Å². The van der Waals surface area contributed by atoms with Gasteiger partial charge in [0.2, 0.25) is 11.8 Å². The lowest BCUT2D eigenvalue weighted by atomic mass is 10.0. The summed E-state index contributed by atoms with van der Waals surface area (Å²) in [5.74, 6) is -1.37. The van der Waals surface area contributed by atoms with Crippen molar-refractivity contribution >= 4 is 35.1 Å². The molecule has 1 aromatic heterocycles. The Kier molecular flexibility index (Phi) is 5.51. The lowest BCUT2D eigenvalue weighted by molar-refractivity contribution is -0.136. The van der Waals surface area contributed by atoms with E-state index in [0.29, 0.717) is 17.9 Å². The number of rotatable bonds is 5. The molecule has 10 nitrogen and oxygen atoms in total. The number of hydrogen-bond donors (Lipinski definition) is 3. The molecule has 1 aromatic carbocycles. The molecular weight excluding hydrogens is 424 g/mol. The van der Waals surface area contributed by atoms with Gasteiger partial charge in [0.15, 0.2) is 0 Å². The van der Waals surface area contributed by atoms with Crippen LogP contribution < -0.4 is 20.9 Å². The molecule has 0 spiro atoms. The number of amides is 4. The monoisotopic (exact) mass is 448 g/mol. The predicted molar refractivity (Wildman–Crippen MR) is 120 cm³/mol. The first kappa shape index (κ1) is 21.1. The van der Waals surface area contributed by atoms with E-state index in [9.17, 15) is 19.2 Å². The lowest BCUT2D eigenvalue weighted by Gasteiger charge is -2.29. The van der Waals surface area contributed by atoms with Crippen molar-refractivity contribution in [1.29, 1.82) is 0 Å². The third-order valence-electron chi connectivity index (χ3n) is 6.24. The number of hydrogen-bond acceptors (Lipinski definition) is 8. The van der Waals surface area contributed by atoms with Crippen molar-refractivity contribution < 1.29 is 19.2 Å². The summed E-state index contributed by atoms with van der Waals surface area (Å²) in [7, 11) is 0. The molecule has 4 heterocycles. The van der Waals surface area contributed by atoms with Gasteiger partial charge in [-0.15, -0.1) is 0 Å². The minimum atomic E-state index is -0.977. The fourth-order valence-electron chi connectivity index (χ4n) is 4.52. The molecule has 3 aliphatic rings. The topological polar surface area (TPSA) is 124 Å². The van der Waals surface area contributed by atoms with Crippen LogP contribution in [0.15, 0.2) is 36.5 Å². The minimum Gasteiger partial charge on any atom is -0.368 e. The molecule has 2 aromatic rings. The summed E-state index contributed by atoms with van der Waals surface area (Å²) >= 11 is 0. The molecule has 2 saturated heterocycles. The van der Waals surface area contributed by atoms with Crippen molar-refractivity contribution in [3.05, 3.63) is 53.2 Å². The summed E-state index contributed by atoms with van der Waals surface area (Å²) in [5, 5.41) is 8.75. The van der Waals surface area contributed by atoms with Gasteiger partial charge >= 0.3 is 0 Å². The van der Waals surface area contributed by atoms with Gasteiger partial charge in [-0.1, -0.05) is 12.1 Å². The van der Waals surface area contributed by atoms with Crippen molar-refractivity contribution in [2.24, 2.45) is 0 Å². The number of imide groups is 2. The van der Waals surface area contributed by atoms with Crippen molar-refractivity contribution in [1.82, 2.24) is 20.5 Å². The van der Waals surface area contributed by atoms with Crippen LogP contribution >= 0.6 is 0 Å². The molecule has 0 bridgehead atoms. The third kappa shape index (κ3) is 3.93. The molecule has 0 radical (unpaired) electrons. The highest BCUT2D eigenvalue weighted by Crippen LogP contribution is 2.30. The molecule has 1 atom stereocenters. The zero-order valence-electron chi connectivity index (χ0n) is 18.0. The minimum absolute atomic E-state index is 0.0911. The van der Waals surface area contributed by atoms with Gasteiger partial charge in [-0.2, -0.15) is 0 Å². The number of fused-ring (bicyclic) bond motifs is 1. The van der Waals surface area contributed by atoms with Gasteiger partial charge in [0.1, 0.15) is 11.9 Å². The highest BCUT2D eigenvalue weighted by atomic mass is 16.2. The van der Waals surface area contributed by atoms with Crippen LogP contribution in [0.4, 0.5) is 11.5 Å². The molecule has 0 saturated carbocycles. The summed E-state index contributed by atoms with van der Waals surface area (Å²) in [5.41, 5.74) is 2.26. The highest BCUT2D eigenvalue weighted by Gasteiger charge is 2.45. The zero-order valence-corrected chi connectivity index (χ0v) is 18.0. The fourth-order valence-corrected chi connectivity index (χ4v) is 4.52. The average Bonchev–Trinajstić information content (AvgIpc) is 3.09. The second-order valence-electron chi connectivity index (χ2n) is 8.28. The van der Waals surface area contributed by atoms with Gasteiger partial charge in [0.05, 0.1) is 23.0 Å². The van der Waals surface area contributed by atoms with Crippen LogP contribution in [0.5, 0.6) is 0 Å². The molecule has 3 N–H and O–H groups in total. The van der Waals surface area contributed by atoms with Gasteiger partial charge in [0.25, 0.3) is 11.8 Å². The van der Waals surface area contributed by atoms with E-state index in [-0.39, 0.29) is 24.0 Å². The third-order valence-corrected chi connectivity index (χ3v) is 6.24. The molecule has 5 rings (SSSR count). The Labute approximate surface area is 190 Å². The maximum absolute atomic E-state index is 13.2. The lowest BCUT2D eigenvalue weighted by Crippen LogP contribution is -2.54. The number of pyridine rings is 1. The van der Waals surface area contributed by atoms with Gasteiger partial charge in [-0.3, -0.25) is 29.4 Å². The van der Waals surface area contributed by atoms with Crippen LogP contribution in [-0.4, -0.2) is 65.7 Å². The number of nitrogens with one attached hydrogen (secondary N) is 3. The maximum atomic E-state index is 13.2. The van der Waals surface area contributed by atoms with Crippen molar-refractivity contribution in [3.8, 4) is 0 Å². The number of piperazine rings is 1. The van der Waals surface area contributed by atoms with Crippen LogP contribution in [0, 0.1) is 0 Å². The molecule has 10 heteroatoms. The predicted octanol–water partition coefficient (Wildman–Crippen LogP) is 0.505. The number of piperidine rings is 1. The summed E-state index contributed by atoms with van der Waals surface area (Å²) in [4.78, 5) is 57.6. The molecule has 170 valence electrons. The maximum Gasteiger partial charge on any atom is 0.262 e. The second kappa shape index (κ2) is 8.62. The Balaban J connectivity index is 1.31. The number of aromatic nitrogens is 1. The number of anilines is 2. The average molecular weight is 448 g/mol. The van der Waals surface area contributed by atoms with E-state index in [4.69, 9.17) is 0 Å². The Bertz CT molecular complexity index is 1130. The van der Waals surface area contributed by atoms with Crippen LogP contribution in [-0.2, 0) is 16.1 Å². The Hall–Kier alpha value is -3.79. The molecule has 0 aliphatic carbocycles. The Morgan fingerprint density at radius 2 is 1.85 bits per heavy atom. The number of benzene rings is 1. The quantitative estimate of drug-likeness (QED) is 0.565. The van der Waals surface area contributed by atoms with Gasteiger partial charge in [0, 0.05) is 39.1 Å². The van der Waals surface area contributed by atoms with E-state index in [1.54, 1.807) is 18.2 Å². The summed E-state index contributed by atoms with van der Waals surface area (Å²) in [6.45, 7) is 4.06. The van der Waals surface area contributed by atoms with E-state index in [1.165, 1.54) is 0 Å². The molecular formula is C23H24N6O4. The first-order chi connectivity index (χ1) is 16.0. The van der Waals surface area contributed by atoms with E-state index in [2.05, 4.69) is 25.8 Å². The largest absolute Gasteiger partial charge is 0.368 e. The Morgan fingerprint density at radius 1 is 1.03 bits per heavy atom. The molecule has 1 unspecified atom stereocenters. The van der Waals surface area contributed by atoms with Gasteiger partial charge in [-0.25, -0.2) is 4.98 Å². The number of carbonyl (C=O) groups excluding carboxylic acids is 4. The van der Waals surface area contributed by atoms with Crippen LogP contribution in [0.2, 0.25) is 0 Å². The number of carbonyl (C=O) groups is 4. The fraction of sp³-hybridized carbons (Fsp3) is 0.348. The van der Waals surface area contributed by atoms with E-state index in [1.807, 2.05) is 18.3 Å². The van der Waals surface area contributed by atoms with E-state index in [0.717, 1.165) is 36.8 Å². The van der Waals surface area contributed by atoms with Crippen molar-refractivity contribution in [2.75, 3.05) is 36.4 Å². The second-order valence-corrected chi connectivity index (χ2v) is 8.28. The molecule has 2 fully saturated rings. The first-order valence-corrected chi connectivity index (χ1v) is 11.0. The smallest absolute Gasteiger partial charge is 0.262 e. The highest BCUT2D eigenvalue weighted by molar-refractivity contribution is 6.24. The summed E-state index contributed by atoms with van der Waals surface area (Å²) in [6.07, 6.45) is 2.05. The molecule has 4 amide bonds. The normalized spacial score (nSPS) is 20.7. The van der Waals surface area contributed by atoms with Gasteiger partial charge < -0.3 is 15.5 Å². The first-order valence-electron chi connectivity index (χ1n) is 11.0. The van der Waals surface area contributed by atoms with Crippen molar-refractivity contribution in [2.45, 2.75) is 25.4 Å². The summed E-state index contributed by atoms with van der Waals surface area (Å²) < 4.78 is 0. The van der Waals surface area contributed by atoms with Crippen LogP contribution in [0.3, 0.4) is 0 Å². The Morgan fingerprint density at radius 3 is 2.58 bits per heavy atom. The van der Waals surface area contributed by atoms with Gasteiger partial charge in [-0.05, 0) is 30.2 Å². The zero-order chi connectivity index (χ0) is 22.9. The van der Waals surface area contributed by atoms with Crippen molar-refractivity contribution in [3.63, 3.8) is 0 Å². The summed E-state index contributed by atoms with van der Waals surface area (Å²) in [6, 6.07) is 8.01. The standard InChI is InChI=1S/C23H24N6O4/c30-19-7-5-17(21(31)27-19)29-22(32)16-3-1-2-14(20(16)23(29)33)12-25-18-6-4-15(13-26-18)28-10-8-24-9-11-28/h1-4,6,13,17,24H,5,7-12H2,(H,25,26)(H,27,30,31).